The average Bonchev–Trinajstić information content (AvgIpc) is 2.52. The molecule has 0 fully saturated rings. The van der Waals surface area contributed by atoms with Gasteiger partial charge in [0.1, 0.15) is 5.75 Å². The van der Waals surface area contributed by atoms with Crippen LogP contribution in [0, 0.1) is 0 Å². The molecule has 2 N–H and O–H groups in total. The summed E-state index contributed by atoms with van der Waals surface area (Å²) in [4.78, 5) is 23.0. The van der Waals surface area contributed by atoms with Crippen LogP contribution >= 0.6 is 0 Å². The van der Waals surface area contributed by atoms with Crippen LogP contribution in [0.4, 0.5) is 0 Å². The molecule has 1 aromatic rings. The van der Waals surface area contributed by atoms with Crippen LogP contribution in [-0.2, 0) is 20.7 Å². The molecule has 0 aromatic heterocycles. The van der Waals surface area contributed by atoms with Gasteiger partial charge < -0.3 is 20.1 Å². The first-order chi connectivity index (χ1) is 10.2. The molecule has 0 radical (unpaired) electrons. The second-order valence-corrected chi connectivity index (χ2v) is 4.46. The fourth-order valence-corrected chi connectivity index (χ4v) is 1.69. The Morgan fingerprint density at radius 2 is 1.62 bits per heavy atom. The highest BCUT2D eigenvalue weighted by atomic mass is 16.5. The maximum absolute atomic E-state index is 11.5. The topological polar surface area (TPSA) is 76.7 Å². The van der Waals surface area contributed by atoms with Crippen molar-refractivity contribution in [1.82, 2.24) is 10.6 Å². The van der Waals surface area contributed by atoms with Crippen LogP contribution < -0.4 is 15.4 Å². The van der Waals surface area contributed by atoms with E-state index in [0.29, 0.717) is 32.5 Å². The van der Waals surface area contributed by atoms with E-state index in [0.717, 1.165) is 11.3 Å². The van der Waals surface area contributed by atoms with Gasteiger partial charge in [-0.1, -0.05) is 12.1 Å². The van der Waals surface area contributed by atoms with Crippen molar-refractivity contribution < 1.29 is 19.1 Å². The van der Waals surface area contributed by atoms with Crippen molar-refractivity contribution in [3.8, 4) is 5.75 Å². The largest absolute Gasteiger partial charge is 0.497 e. The van der Waals surface area contributed by atoms with E-state index in [1.807, 2.05) is 24.3 Å². The number of benzene rings is 1. The number of nitrogens with one attached hydrogen (secondary N) is 2. The van der Waals surface area contributed by atoms with E-state index in [2.05, 4.69) is 10.6 Å². The predicted octanol–water partition coefficient (Wildman–Crippen LogP) is 0.507. The van der Waals surface area contributed by atoms with Gasteiger partial charge in [-0.2, -0.15) is 0 Å². The van der Waals surface area contributed by atoms with Crippen LogP contribution in [0.1, 0.15) is 12.0 Å². The number of rotatable bonds is 8. The van der Waals surface area contributed by atoms with Gasteiger partial charge in [-0.15, -0.1) is 0 Å². The van der Waals surface area contributed by atoms with Crippen LogP contribution in [0.3, 0.4) is 0 Å². The van der Waals surface area contributed by atoms with E-state index >= 15 is 0 Å². The smallest absolute Gasteiger partial charge is 0.309 e. The maximum atomic E-state index is 11.5. The zero-order chi connectivity index (χ0) is 15.5. The molecule has 0 aliphatic heterocycles. The standard InChI is InChI=1S/C15H22N2O4/c1-20-11-3-9-16-14(18)15(19)17-10-8-12-4-6-13(21-2)7-5-12/h4-7H,3,8-11H2,1-2H3,(H,16,18)(H,17,19). The third-order valence-corrected chi connectivity index (χ3v) is 2.88. The number of methoxy groups -OCH3 is 2. The van der Waals surface area contributed by atoms with E-state index in [-0.39, 0.29) is 0 Å². The molecule has 6 heteroatoms. The molecule has 6 nitrogen and oxygen atoms in total. The molecule has 0 atom stereocenters. The Balaban J connectivity index is 2.21. The number of ether oxygens (including phenoxy) is 2. The van der Waals surface area contributed by atoms with E-state index in [1.165, 1.54) is 0 Å². The maximum Gasteiger partial charge on any atom is 0.309 e. The zero-order valence-electron chi connectivity index (χ0n) is 12.5. The molecule has 0 bridgehead atoms. The SMILES string of the molecule is COCCCNC(=O)C(=O)NCCc1ccc(OC)cc1. The molecule has 2 amide bonds. The Morgan fingerprint density at radius 3 is 2.19 bits per heavy atom. The van der Waals surface area contributed by atoms with Gasteiger partial charge in [0.2, 0.25) is 0 Å². The average molecular weight is 294 g/mol. The Hall–Kier alpha value is -2.08. The highest BCUT2D eigenvalue weighted by molar-refractivity contribution is 6.35. The summed E-state index contributed by atoms with van der Waals surface area (Å²) in [6.07, 6.45) is 1.34. The molecule has 116 valence electrons. The summed E-state index contributed by atoms with van der Waals surface area (Å²) in [5.41, 5.74) is 1.07. The molecule has 0 unspecified atom stereocenters. The van der Waals surface area contributed by atoms with Crippen LogP contribution in [0.25, 0.3) is 0 Å². The second kappa shape index (κ2) is 9.77. The van der Waals surface area contributed by atoms with E-state index in [4.69, 9.17) is 9.47 Å². The molecule has 0 heterocycles. The Morgan fingerprint density at radius 1 is 1.00 bits per heavy atom. The minimum Gasteiger partial charge on any atom is -0.497 e. The zero-order valence-corrected chi connectivity index (χ0v) is 12.5. The van der Waals surface area contributed by atoms with E-state index in [9.17, 15) is 9.59 Å². The summed E-state index contributed by atoms with van der Waals surface area (Å²) in [5.74, 6) is -0.431. The van der Waals surface area contributed by atoms with Gasteiger partial charge in [0.05, 0.1) is 7.11 Å². The number of amides is 2. The summed E-state index contributed by atoms with van der Waals surface area (Å²) >= 11 is 0. The highest BCUT2D eigenvalue weighted by Crippen LogP contribution is 2.11. The molecule has 0 saturated carbocycles. The van der Waals surface area contributed by atoms with Crippen molar-refractivity contribution in [2.24, 2.45) is 0 Å². The molecular formula is C15H22N2O4. The second-order valence-electron chi connectivity index (χ2n) is 4.46. The lowest BCUT2D eigenvalue weighted by molar-refractivity contribution is -0.139. The first kappa shape index (κ1) is 17.0. The highest BCUT2D eigenvalue weighted by Gasteiger charge is 2.11. The van der Waals surface area contributed by atoms with Crippen molar-refractivity contribution in [2.75, 3.05) is 33.9 Å². The van der Waals surface area contributed by atoms with Crippen LogP contribution in [0.15, 0.2) is 24.3 Å². The summed E-state index contributed by atoms with van der Waals surface area (Å²) < 4.78 is 9.92. The molecular weight excluding hydrogens is 272 g/mol. The normalized spacial score (nSPS) is 10.0. The lowest BCUT2D eigenvalue weighted by atomic mass is 10.1. The molecule has 1 aromatic carbocycles. The van der Waals surface area contributed by atoms with Crippen molar-refractivity contribution in [1.29, 1.82) is 0 Å². The van der Waals surface area contributed by atoms with E-state index < -0.39 is 11.8 Å². The summed E-state index contributed by atoms with van der Waals surface area (Å²) in [5, 5.41) is 5.12. The lowest BCUT2D eigenvalue weighted by Gasteiger charge is -2.07. The van der Waals surface area contributed by atoms with Gasteiger partial charge in [0.25, 0.3) is 0 Å². The first-order valence-electron chi connectivity index (χ1n) is 6.85. The number of hydrogen-bond donors (Lipinski definition) is 2. The lowest BCUT2D eigenvalue weighted by Crippen LogP contribution is -2.41. The Kier molecular flexibility index (Phi) is 7.89. The van der Waals surface area contributed by atoms with Crippen LogP contribution in [-0.4, -0.2) is 45.7 Å². The third-order valence-electron chi connectivity index (χ3n) is 2.88. The van der Waals surface area contributed by atoms with E-state index in [1.54, 1.807) is 14.2 Å². The third kappa shape index (κ3) is 6.76. The van der Waals surface area contributed by atoms with Gasteiger partial charge in [-0.25, -0.2) is 0 Å². The molecule has 21 heavy (non-hydrogen) atoms. The predicted molar refractivity (Wildman–Crippen MR) is 79.2 cm³/mol. The van der Waals surface area contributed by atoms with Crippen molar-refractivity contribution >= 4 is 11.8 Å². The summed E-state index contributed by atoms with van der Waals surface area (Å²) in [7, 11) is 3.20. The molecule has 0 aliphatic rings. The summed E-state index contributed by atoms with van der Waals surface area (Å²) in [6.45, 7) is 1.40. The minimum absolute atomic E-state index is 0.413. The Labute approximate surface area is 124 Å². The summed E-state index contributed by atoms with van der Waals surface area (Å²) in [6, 6.07) is 7.57. The van der Waals surface area contributed by atoms with Gasteiger partial charge >= 0.3 is 11.8 Å². The van der Waals surface area contributed by atoms with Crippen molar-refractivity contribution in [3.63, 3.8) is 0 Å². The van der Waals surface area contributed by atoms with Gasteiger partial charge in [-0.3, -0.25) is 9.59 Å². The molecule has 1 rings (SSSR count). The van der Waals surface area contributed by atoms with Gasteiger partial charge in [0.15, 0.2) is 0 Å². The Bertz CT molecular complexity index is 445. The quantitative estimate of drug-likeness (QED) is 0.541. The fraction of sp³-hybridized carbons (Fsp3) is 0.467. The number of hydrogen-bond acceptors (Lipinski definition) is 4. The van der Waals surface area contributed by atoms with Gasteiger partial charge in [0, 0.05) is 26.8 Å². The van der Waals surface area contributed by atoms with Crippen LogP contribution in [0.2, 0.25) is 0 Å². The van der Waals surface area contributed by atoms with Crippen LogP contribution in [0.5, 0.6) is 5.75 Å². The van der Waals surface area contributed by atoms with Crippen molar-refractivity contribution in [3.05, 3.63) is 29.8 Å². The molecule has 0 spiro atoms. The molecule has 0 saturated heterocycles. The number of carbonyl (C=O) groups excluding carboxylic acids is 2. The molecule has 0 aliphatic carbocycles. The number of carbonyl (C=O) groups is 2. The first-order valence-corrected chi connectivity index (χ1v) is 6.85. The fourth-order valence-electron chi connectivity index (χ4n) is 1.69. The minimum atomic E-state index is -0.610. The van der Waals surface area contributed by atoms with Gasteiger partial charge in [-0.05, 0) is 30.5 Å². The van der Waals surface area contributed by atoms with Crippen molar-refractivity contribution in [2.45, 2.75) is 12.8 Å². The monoisotopic (exact) mass is 294 g/mol.